The van der Waals surface area contributed by atoms with Crippen molar-refractivity contribution in [1.29, 1.82) is 5.41 Å². The van der Waals surface area contributed by atoms with Crippen LogP contribution in [0.3, 0.4) is 0 Å². The van der Waals surface area contributed by atoms with Crippen LogP contribution < -0.4 is 16.1 Å². The lowest BCUT2D eigenvalue weighted by Crippen LogP contribution is -2.68. The summed E-state index contributed by atoms with van der Waals surface area (Å²) in [7, 11) is -2.46. The SMILES string of the molecule is CC(C)(C)[Si](OC1CC(C(=N)N)C1)(c1ccccc1)c1ccccc1. The standard InChI is InChI=1S/C21H28N2OSi/c1-21(2,3)25(18-10-6-4-7-11-18,19-12-8-5-9-13-19)24-17-14-16(15-17)20(22)23/h4-13,16-17H,14-15H2,1-3H3,(H3,22,23). The van der Waals surface area contributed by atoms with Gasteiger partial charge in [-0.2, -0.15) is 0 Å². The number of nitrogens with one attached hydrogen (secondary N) is 1. The highest BCUT2D eigenvalue weighted by Gasteiger charge is 2.52. The van der Waals surface area contributed by atoms with Crippen molar-refractivity contribution in [2.45, 2.75) is 44.8 Å². The fourth-order valence-electron chi connectivity index (χ4n) is 3.86. The number of amidine groups is 1. The van der Waals surface area contributed by atoms with Gasteiger partial charge in [-0.3, -0.25) is 5.41 Å². The Morgan fingerprint density at radius 2 is 1.40 bits per heavy atom. The highest BCUT2D eigenvalue weighted by molar-refractivity contribution is 6.99. The molecular weight excluding hydrogens is 324 g/mol. The predicted octanol–water partition coefficient (Wildman–Crippen LogP) is 3.28. The smallest absolute Gasteiger partial charge is 0.261 e. The van der Waals surface area contributed by atoms with Gasteiger partial charge in [0.05, 0.1) is 5.84 Å². The fraction of sp³-hybridized carbons (Fsp3) is 0.381. The monoisotopic (exact) mass is 352 g/mol. The molecule has 0 aromatic heterocycles. The van der Waals surface area contributed by atoms with Gasteiger partial charge in [-0.15, -0.1) is 0 Å². The van der Waals surface area contributed by atoms with Crippen LogP contribution in [0.15, 0.2) is 60.7 Å². The molecule has 0 amide bonds. The first-order valence-electron chi connectivity index (χ1n) is 8.97. The normalized spacial score (nSPS) is 20.8. The van der Waals surface area contributed by atoms with E-state index in [9.17, 15) is 0 Å². The van der Waals surface area contributed by atoms with E-state index in [1.807, 2.05) is 0 Å². The molecule has 0 heterocycles. The molecule has 0 radical (unpaired) electrons. The lowest BCUT2D eigenvalue weighted by Gasteiger charge is -2.48. The molecule has 0 bridgehead atoms. The number of hydrogen-bond acceptors (Lipinski definition) is 2. The van der Waals surface area contributed by atoms with Crippen LogP contribution >= 0.6 is 0 Å². The van der Waals surface area contributed by atoms with Crippen molar-refractivity contribution < 1.29 is 4.43 Å². The third kappa shape index (κ3) is 3.28. The summed E-state index contributed by atoms with van der Waals surface area (Å²) in [6.45, 7) is 6.88. The van der Waals surface area contributed by atoms with Crippen molar-refractivity contribution in [3.05, 3.63) is 60.7 Å². The van der Waals surface area contributed by atoms with Gasteiger partial charge in [-0.05, 0) is 28.3 Å². The number of hydrogen-bond donors (Lipinski definition) is 2. The molecule has 1 fully saturated rings. The molecule has 132 valence electrons. The van der Waals surface area contributed by atoms with Gasteiger partial charge in [0.2, 0.25) is 0 Å². The number of rotatable bonds is 5. The van der Waals surface area contributed by atoms with Crippen LogP contribution in [0.4, 0.5) is 0 Å². The Morgan fingerprint density at radius 1 is 0.960 bits per heavy atom. The average molecular weight is 353 g/mol. The molecule has 2 aromatic carbocycles. The second-order valence-electron chi connectivity index (χ2n) is 8.03. The van der Waals surface area contributed by atoms with E-state index in [-0.39, 0.29) is 17.1 Å². The molecule has 4 heteroatoms. The van der Waals surface area contributed by atoms with Crippen LogP contribution in [0.5, 0.6) is 0 Å². The van der Waals surface area contributed by atoms with E-state index in [0.717, 1.165) is 12.8 Å². The Kier molecular flexibility index (Phi) is 4.85. The maximum absolute atomic E-state index is 7.66. The fourth-order valence-corrected chi connectivity index (χ4v) is 8.56. The van der Waals surface area contributed by atoms with Gasteiger partial charge in [0.15, 0.2) is 0 Å². The van der Waals surface area contributed by atoms with Gasteiger partial charge < -0.3 is 10.2 Å². The van der Waals surface area contributed by atoms with Gasteiger partial charge in [0, 0.05) is 12.0 Å². The lowest BCUT2D eigenvalue weighted by molar-refractivity contribution is 0.0833. The van der Waals surface area contributed by atoms with Crippen LogP contribution in [0, 0.1) is 11.3 Å². The zero-order valence-electron chi connectivity index (χ0n) is 15.3. The average Bonchev–Trinajstić information content (AvgIpc) is 2.54. The molecule has 1 aliphatic carbocycles. The second kappa shape index (κ2) is 6.77. The van der Waals surface area contributed by atoms with E-state index in [1.165, 1.54) is 10.4 Å². The predicted molar refractivity (Wildman–Crippen MR) is 107 cm³/mol. The number of benzene rings is 2. The van der Waals surface area contributed by atoms with Crippen LogP contribution in [-0.4, -0.2) is 20.3 Å². The van der Waals surface area contributed by atoms with Gasteiger partial charge in [-0.1, -0.05) is 81.4 Å². The van der Waals surface area contributed by atoms with E-state index >= 15 is 0 Å². The third-order valence-corrected chi connectivity index (χ3v) is 10.4. The summed E-state index contributed by atoms with van der Waals surface area (Å²) in [5.41, 5.74) is 5.67. The van der Waals surface area contributed by atoms with Crippen LogP contribution in [0.2, 0.25) is 5.04 Å². The molecule has 2 aromatic rings. The molecule has 1 saturated carbocycles. The van der Waals surface area contributed by atoms with Crippen molar-refractivity contribution in [3.8, 4) is 0 Å². The van der Waals surface area contributed by atoms with E-state index < -0.39 is 8.32 Å². The molecule has 0 saturated heterocycles. The summed E-state index contributed by atoms with van der Waals surface area (Å²) < 4.78 is 6.98. The summed E-state index contributed by atoms with van der Waals surface area (Å²) in [6, 6.07) is 21.4. The zero-order chi connectivity index (χ0) is 18.1. The first kappa shape index (κ1) is 17.9. The van der Waals surface area contributed by atoms with Crippen LogP contribution in [-0.2, 0) is 4.43 Å². The minimum atomic E-state index is -2.46. The molecule has 3 N–H and O–H groups in total. The molecule has 0 atom stereocenters. The summed E-state index contributed by atoms with van der Waals surface area (Å²) >= 11 is 0. The Hall–Kier alpha value is -1.91. The van der Waals surface area contributed by atoms with Crippen LogP contribution in [0.1, 0.15) is 33.6 Å². The minimum absolute atomic E-state index is 0.00296. The summed E-state index contributed by atoms with van der Waals surface area (Å²) in [4.78, 5) is 0. The maximum atomic E-state index is 7.66. The highest BCUT2D eigenvalue weighted by atomic mass is 28.4. The topological polar surface area (TPSA) is 59.1 Å². The summed E-state index contributed by atoms with van der Waals surface area (Å²) in [6.07, 6.45) is 1.90. The highest BCUT2D eigenvalue weighted by Crippen LogP contribution is 2.41. The first-order chi connectivity index (χ1) is 11.8. The minimum Gasteiger partial charge on any atom is -0.404 e. The second-order valence-corrected chi connectivity index (χ2v) is 12.3. The quantitative estimate of drug-likeness (QED) is 0.493. The Bertz CT molecular complexity index is 679. The molecule has 0 spiro atoms. The van der Waals surface area contributed by atoms with Crippen LogP contribution in [0.25, 0.3) is 0 Å². The molecule has 3 rings (SSSR count). The van der Waals surface area contributed by atoms with Crippen molar-refractivity contribution in [1.82, 2.24) is 0 Å². The van der Waals surface area contributed by atoms with E-state index in [2.05, 4.69) is 81.4 Å². The van der Waals surface area contributed by atoms with E-state index in [0.29, 0.717) is 5.84 Å². The van der Waals surface area contributed by atoms with Crippen molar-refractivity contribution in [2.24, 2.45) is 11.7 Å². The molecule has 0 unspecified atom stereocenters. The van der Waals surface area contributed by atoms with Gasteiger partial charge >= 0.3 is 0 Å². The Morgan fingerprint density at radius 3 is 1.76 bits per heavy atom. The summed E-state index contributed by atoms with van der Waals surface area (Å²) in [5.74, 6) is 0.477. The largest absolute Gasteiger partial charge is 0.404 e. The summed E-state index contributed by atoms with van der Waals surface area (Å²) in [5, 5.41) is 10.3. The molecule has 1 aliphatic rings. The Balaban J connectivity index is 2.05. The van der Waals surface area contributed by atoms with Crippen molar-refractivity contribution >= 4 is 24.5 Å². The van der Waals surface area contributed by atoms with Crippen molar-refractivity contribution in [3.63, 3.8) is 0 Å². The molecular formula is C21H28N2OSi. The molecule has 25 heavy (non-hydrogen) atoms. The van der Waals surface area contributed by atoms with E-state index in [4.69, 9.17) is 15.6 Å². The molecule has 3 nitrogen and oxygen atoms in total. The zero-order valence-corrected chi connectivity index (χ0v) is 16.3. The maximum Gasteiger partial charge on any atom is 0.261 e. The van der Waals surface area contributed by atoms with Crippen molar-refractivity contribution in [2.75, 3.05) is 0 Å². The number of nitrogens with two attached hydrogens (primary N) is 1. The van der Waals surface area contributed by atoms with Gasteiger partial charge in [-0.25, -0.2) is 0 Å². The van der Waals surface area contributed by atoms with Gasteiger partial charge in [0.25, 0.3) is 8.32 Å². The Labute approximate surface area is 151 Å². The third-order valence-electron chi connectivity index (χ3n) is 5.29. The lowest BCUT2D eigenvalue weighted by atomic mass is 9.82. The molecule has 0 aliphatic heterocycles. The van der Waals surface area contributed by atoms with E-state index in [1.54, 1.807) is 0 Å². The first-order valence-corrected chi connectivity index (χ1v) is 10.9. The van der Waals surface area contributed by atoms with Gasteiger partial charge in [0.1, 0.15) is 0 Å².